The molecule has 0 aromatic carbocycles. The first kappa shape index (κ1) is 53.0. The molecule has 1 heteroatoms. The molecule has 0 aromatic rings. The van der Waals surface area contributed by atoms with E-state index in [0.29, 0.717) is 6.61 Å². The SMILES string of the molecule is CCCCCCCCCCCCC(C)CCCCCCCCCCCC(C)CCCCCCCCCCCCCCCCCCCCCCCCCO. The van der Waals surface area contributed by atoms with Crippen LogP contribution in [0.2, 0.25) is 0 Å². The van der Waals surface area contributed by atoms with Gasteiger partial charge in [-0.05, 0) is 18.3 Å². The lowest BCUT2D eigenvalue weighted by atomic mass is 9.95. The average molecular weight is 747 g/mol. The van der Waals surface area contributed by atoms with Crippen molar-refractivity contribution in [2.24, 2.45) is 11.8 Å². The van der Waals surface area contributed by atoms with Crippen LogP contribution in [0.15, 0.2) is 0 Å². The Labute approximate surface area is 338 Å². The minimum absolute atomic E-state index is 0.374. The van der Waals surface area contributed by atoms with Crippen molar-refractivity contribution in [1.29, 1.82) is 0 Å². The lowest BCUT2D eigenvalue weighted by molar-refractivity contribution is 0.282. The third-order valence-electron chi connectivity index (χ3n) is 12.8. The predicted octanol–water partition coefficient (Wildman–Crippen LogP) is 19.2. The number of aliphatic hydroxyl groups is 1. The molecule has 2 unspecified atom stereocenters. The maximum atomic E-state index is 8.82. The third-order valence-corrected chi connectivity index (χ3v) is 12.8. The topological polar surface area (TPSA) is 20.2 Å². The van der Waals surface area contributed by atoms with Gasteiger partial charge in [-0.15, -0.1) is 0 Å². The number of hydrogen-bond acceptors (Lipinski definition) is 1. The van der Waals surface area contributed by atoms with E-state index in [4.69, 9.17) is 5.11 Å². The summed E-state index contributed by atoms with van der Waals surface area (Å²) in [7, 11) is 0. The second-order valence-electron chi connectivity index (χ2n) is 18.6. The van der Waals surface area contributed by atoms with Crippen molar-refractivity contribution in [2.75, 3.05) is 6.61 Å². The van der Waals surface area contributed by atoms with Crippen LogP contribution in [-0.2, 0) is 0 Å². The normalized spacial score (nSPS) is 12.9. The predicted molar refractivity (Wildman–Crippen MR) is 243 cm³/mol. The van der Waals surface area contributed by atoms with E-state index < -0.39 is 0 Å². The molecule has 0 saturated heterocycles. The summed E-state index contributed by atoms with van der Waals surface area (Å²) < 4.78 is 0. The van der Waals surface area contributed by atoms with Crippen LogP contribution in [0.5, 0.6) is 0 Å². The first-order valence-corrected chi connectivity index (χ1v) is 25.8. The molecule has 0 fully saturated rings. The summed E-state index contributed by atoms with van der Waals surface area (Å²) in [5, 5.41) is 8.82. The molecule has 0 aliphatic rings. The van der Waals surface area contributed by atoms with Crippen molar-refractivity contribution in [3.63, 3.8) is 0 Å². The fourth-order valence-corrected chi connectivity index (χ4v) is 8.81. The molecule has 0 heterocycles. The highest BCUT2D eigenvalue weighted by Gasteiger charge is 2.04. The molecule has 1 N–H and O–H groups in total. The Morgan fingerprint density at radius 1 is 0.226 bits per heavy atom. The largest absolute Gasteiger partial charge is 0.396 e. The Balaban J connectivity index is 3.20. The average Bonchev–Trinajstić information content (AvgIpc) is 3.16. The summed E-state index contributed by atoms with van der Waals surface area (Å²) in [6, 6.07) is 0. The Morgan fingerprint density at radius 2 is 0.377 bits per heavy atom. The number of rotatable bonds is 48. The summed E-state index contributed by atoms with van der Waals surface area (Å²) in [6.07, 6.45) is 66.7. The van der Waals surface area contributed by atoms with Crippen LogP contribution in [0.3, 0.4) is 0 Å². The molecule has 2 atom stereocenters. The van der Waals surface area contributed by atoms with E-state index in [1.165, 1.54) is 289 Å². The molecule has 0 amide bonds. The van der Waals surface area contributed by atoms with E-state index in [0.717, 1.165) is 18.3 Å². The lowest BCUT2D eigenvalue weighted by Gasteiger charge is -2.11. The van der Waals surface area contributed by atoms with Crippen LogP contribution in [0.25, 0.3) is 0 Å². The Bertz CT molecular complexity index is 614. The molecule has 0 aliphatic heterocycles. The molecular weight excluding hydrogens is 641 g/mol. The minimum Gasteiger partial charge on any atom is -0.396 e. The van der Waals surface area contributed by atoms with Gasteiger partial charge in [-0.2, -0.15) is 0 Å². The molecular formula is C52H106O. The van der Waals surface area contributed by atoms with Gasteiger partial charge in [0.1, 0.15) is 0 Å². The quantitative estimate of drug-likeness (QED) is 0.0615. The summed E-state index contributed by atoms with van der Waals surface area (Å²) in [5.41, 5.74) is 0. The van der Waals surface area contributed by atoms with Gasteiger partial charge in [0, 0.05) is 6.61 Å². The number of aliphatic hydroxyl groups excluding tert-OH is 1. The highest BCUT2D eigenvalue weighted by atomic mass is 16.2. The van der Waals surface area contributed by atoms with Crippen molar-refractivity contribution in [2.45, 2.75) is 316 Å². The van der Waals surface area contributed by atoms with E-state index in [1.807, 2.05) is 0 Å². The van der Waals surface area contributed by atoms with Gasteiger partial charge in [0.05, 0.1) is 0 Å². The van der Waals surface area contributed by atoms with Gasteiger partial charge >= 0.3 is 0 Å². The Morgan fingerprint density at radius 3 is 0.547 bits per heavy atom. The van der Waals surface area contributed by atoms with Crippen molar-refractivity contribution in [3.05, 3.63) is 0 Å². The molecule has 1 nitrogen and oxygen atoms in total. The van der Waals surface area contributed by atoms with Gasteiger partial charge < -0.3 is 5.11 Å². The van der Waals surface area contributed by atoms with Crippen LogP contribution in [0.4, 0.5) is 0 Å². The van der Waals surface area contributed by atoms with Gasteiger partial charge in [0.2, 0.25) is 0 Å². The molecule has 320 valence electrons. The summed E-state index contributed by atoms with van der Waals surface area (Å²) in [5.74, 6) is 1.91. The van der Waals surface area contributed by atoms with E-state index in [1.54, 1.807) is 0 Å². The highest BCUT2D eigenvalue weighted by Crippen LogP contribution is 2.21. The molecule has 0 rings (SSSR count). The van der Waals surface area contributed by atoms with E-state index in [2.05, 4.69) is 20.8 Å². The van der Waals surface area contributed by atoms with Crippen molar-refractivity contribution in [1.82, 2.24) is 0 Å². The van der Waals surface area contributed by atoms with Gasteiger partial charge in [0.25, 0.3) is 0 Å². The zero-order chi connectivity index (χ0) is 38.4. The fraction of sp³-hybridized carbons (Fsp3) is 1.00. The van der Waals surface area contributed by atoms with Crippen LogP contribution < -0.4 is 0 Å². The molecule has 0 radical (unpaired) electrons. The van der Waals surface area contributed by atoms with Crippen LogP contribution >= 0.6 is 0 Å². The first-order chi connectivity index (χ1) is 26.2. The van der Waals surface area contributed by atoms with Gasteiger partial charge in [-0.25, -0.2) is 0 Å². The second kappa shape index (κ2) is 48.1. The molecule has 0 spiro atoms. The second-order valence-corrected chi connectivity index (χ2v) is 18.6. The third kappa shape index (κ3) is 48.0. The standard InChI is InChI=1S/C52H106O/c1-4-5-6-7-8-9-26-31-36-41-46-51(2)48-43-38-33-28-25-29-34-39-44-49-52(3)47-42-37-32-27-23-21-19-17-15-13-11-10-12-14-16-18-20-22-24-30-35-40-45-50-53/h51-53H,4-50H2,1-3H3. The van der Waals surface area contributed by atoms with Crippen molar-refractivity contribution < 1.29 is 5.11 Å². The maximum absolute atomic E-state index is 8.82. The van der Waals surface area contributed by atoms with Gasteiger partial charge in [-0.1, -0.05) is 310 Å². The van der Waals surface area contributed by atoms with Gasteiger partial charge in [0.15, 0.2) is 0 Å². The fourth-order valence-electron chi connectivity index (χ4n) is 8.81. The Hall–Kier alpha value is -0.0400. The Kier molecular flexibility index (Phi) is 48.1. The summed E-state index contributed by atoms with van der Waals surface area (Å²) in [4.78, 5) is 0. The van der Waals surface area contributed by atoms with E-state index >= 15 is 0 Å². The lowest BCUT2D eigenvalue weighted by Crippen LogP contribution is -1.95. The zero-order valence-corrected chi connectivity index (χ0v) is 37.8. The maximum Gasteiger partial charge on any atom is 0.0431 e. The van der Waals surface area contributed by atoms with E-state index in [9.17, 15) is 0 Å². The van der Waals surface area contributed by atoms with E-state index in [-0.39, 0.29) is 0 Å². The molecule has 0 saturated carbocycles. The monoisotopic (exact) mass is 747 g/mol. The molecule has 0 aromatic heterocycles. The van der Waals surface area contributed by atoms with Crippen molar-refractivity contribution >= 4 is 0 Å². The molecule has 0 bridgehead atoms. The summed E-state index contributed by atoms with van der Waals surface area (Å²) >= 11 is 0. The first-order valence-electron chi connectivity index (χ1n) is 25.8. The van der Waals surface area contributed by atoms with Crippen molar-refractivity contribution in [3.8, 4) is 0 Å². The minimum atomic E-state index is 0.374. The van der Waals surface area contributed by atoms with Gasteiger partial charge in [-0.3, -0.25) is 0 Å². The summed E-state index contributed by atoms with van der Waals surface area (Å²) in [6.45, 7) is 7.72. The van der Waals surface area contributed by atoms with Crippen LogP contribution in [0.1, 0.15) is 316 Å². The highest BCUT2D eigenvalue weighted by molar-refractivity contribution is 4.58. The molecule has 0 aliphatic carbocycles. The van der Waals surface area contributed by atoms with Crippen LogP contribution in [-0.4, -0.2) is 11.7 Å². The molecule has 53 heavy (non-hydrogen) atoms. The zero-order valence-electron chi connectivity index (χ0n) is 37.8. The van der Waals surface area contributed by atoms with Crippen LogP contribution in [0, 0.1) is 11.8 Å². The smallest absolute Gasteiger partial charge is 0.0431 e. The number of unbranched alkanes of at least 4 members (excludes halogenated alkanes) is 39. The number of hydrogen-bond donors (Lipinski definition) is 1.